The van der Waals surface area contributed by atoms with E-state index >= 15 is 0 Å². The van der Waals surface area contributed by atoms with Gasteiger partial charge in [0, 0.05) is 11.6 Å². The van der Waals surface area contributed by atoms with Crippen LogP contribution in [-0.2, 0) is 11.3 Å². The molecule has 0 saturated carbocycles. The Morgan fingerprint density at radius 2 is 2.04 bits per heavy atom. The number of primary amides is 1. The lowest BCUT2D eigenvalue weighted by Crippen LogP contribution is -2.39. The van der Waals surface area contributed by atoms with Gasteiger partial charge in [0.2, 0.25) is 5.91 Å². The maximum absolute atomic E-state index is 12.9. The molecule has 3 amide bonds. The molecule has 0 aliphatic rings. The summed E-state index contributed by atoms with van der Waals surface area (Å²) < 4.78 is 1.56. The van der Waals surface area contributed by atoms with Crippen LogP contribution in [-0.4, -0.2) is 26.7 Å². The molecule has 0 fully saturated rings. The van der Waals surface area contributed by atoms with Crippen LogP contribution in [0.3, 0.4) is 0 Å². The molecule has 1 heterocycles. The van der Waals surface area contributed by atoms with Gasteiger partial charge in [0.25, 0.3) is 5.56 Å². The Morgan fingerprint density at radius 3 is 2.65 bits per heavy atom. The van der Waals surface area contributed by atoms with Gasteiger partial charge in [-0.05, 0) is 37.5 Å². The predicted molar refractivity (Wildman–Crippen MR) is 104 cm³/mol. The van der Waals surface area contributed by atoms with E-state index in [0.29, 0.717) is 33.5 Å². The summed E-state index contributed by atoms with van der Waals surface area (Å²) in [6.45, 7) is 6.22. The number of nitrogens with one attached hydrogen (secondary N) is 1. The Kier molecular flexibility index (Phi) is 6.66. The summed E-state index contributed by atoms with van der Waals surface area (Å²) in [6.07, 6.45) is 0.788. The minimum Gasteiger partial charge on any atom is -0.351 e. The van der Waals surface area contributed by atoms with Crippen LogP contribution in [0.2, 0.25) is 5.02 Å². The number of carbonyl (C=O) groups is 2. The fourth-order valence-electron chi connectivity index (χ4n) is 2.28. The molecular weight excluding hydrogens is 376 g/mol. The first-order chi connectivity index (χ1) is 12.2. The lowest BCUT2D eigenvalue weighted by atomic mass is 10.1. The third kappa shape index (κ3) is 4.98. The topological polar surface area (TPSA) is 107 Å². The summed E-state index contributed by atoms with van der Waals surface area (Å²) in [5.41, 5.74) is 5.27. The number of aromatic nitrogens is 2. The lowest BCUT2D eigenvalue weighted by molar-refractivity contribution is -0.119. The van der Waals surface area contributed by atoms with E-state index in [1.807, 2.05) is 5.32 Å². The van der Waals surface area contributed by atoms with Crippen molar-refractivity contribution < 1.29 is 9.59 Å². The van der Waals surface area contributed by atoms with Crippen LogP contribution in [0.5, 0.6) is 0 Å². The molecule has 9 heteroatoms. The Labute approximate surface area is 160 Å². The number of hydrogen-bond acceptors (Lipinski definition) is 5. The highest BCUT2D eigenvalue weighted by Crippen LogP contribution is 2.24. The molecule has 0 radical (unpaired) electrons. The number of nitrogens with zero attached hydrogens (tertiary/aromatic N) is 2. The van der Waals surface area contributed by atoms with Crippen LogP contribution >= 0.6 is 23.4 Å². The molecule has 0 bridgehead atoms. The molecule has 0 aliphatic heterocycles. The van der Waals surface area contributed by atoms with Crippen molar-refractivity contribution in [2.45, 2.75) is 44.1 Å². The maximum Gasteiger partial charge on any atom is 0.318 e. The first-order valence-corrected chi connectivity index (χ1v) is 9.42. The van der Waals surface area contributed by atoms with Gasteiger partial charge in [0.15, 0.2) is 5.16 Å². The van der Waals surface area contributed by atoms with Gasteiger partial charge in [0.1, 0.15) is 0 Å². The third-order valence-electron chi connectivity index (χ3n) is 3.71. The number of amides is 3. The molecule has 0 saturated heterocycles. The Bertz CT molecular complexity index is 897. The first kappa shape index (κ1) is 20.3. The molecule has 0 aliphatic carbocycles. The summed E-state index contributed by atoms with van der Waals surface area (Å²) >= 11 is 7.10. The highest BCUT2D eigenvalue weighted by molar-refractivity contribution is 8.00. The molecule has 0 unspecified atom stereocenters. The van der Waals surface area contributed by atoms with Crippen LogP contribution < -0.4 is 16.6 Å². The SMILES string of the molecule is CC(C)CCn1c(S[C@@H](C)C(=O)NC(N)=O)nc2cc(Cl)ccc2c1=O. The van der Waals surface area contributed by atoms with Gasteiger partial charge in [-0.1, -0.05) is 37.2 Å². The molecule has 0 spiro atoms. The number of fused-ring (bicyclic) bond motifs is 1. The average molecular weight is 397 g/mol. The van der Waals surface area contributed by atoms with Crippen molar-refractivity contribution in [2.75, 3.05) is 0 Å². The predicted octanol–water partition coefficient (Wildman–Crippen LogP) is 2.77. The van der Waals surface area contributed by atoms with Crippen LogP contribution in [0.4, 0.5) is 4.79 Å². The Morgan fingerprint density at radius 1 is 1.35 bits per heavy atom. The van der Waals surface area contributed by atoms with Gasteiger partial charge >= 0.3 is 6.03 Å². The van der Waals surface area contributed by atoms with Crippen LogP contribution in [0.25, 0.3) is 10.9 Å². The highest BCUT2D eigenvalue weighted by Gasteiger charge is 2.20. The van der Waals surface area contributed by atoms with Crippen molar-refractivity contribution in [3.8, 4) is 0 Å². The summed E-state index contributed by atoms with van der Waals surface area (Å²) in [7, 11) is 0. The Balaban J connectivity index is 2.47. The van der Waals surface area contributed by atoms with Gasteiger partial charge < -0.3 is 5.73 Å². The molecule has 3 N–H and O–H groups in total. The van der Waals surface area contributed by atoms with E-state index in [2.05, 4.69) is 18.8 Å². The number of urea groups is 1. The quantitative estimate of drug-likeness (QED) is 0.576. The van der Waals surface area contributed by atoms with Gasteiger partial charge in [-0.15, -0.1) is 0 Å². The Hall–Kier alpha value is -2.06. The molecule has 26 heavy (non-hydrogen) atoms. The zero-order chi connectivity index (χ0) is 19.4. The molecule has 7 nitrogen and oxygen atoms in total. The van der Waals surface area contributed by atoms with E-state index in [9.17, 15) is 14.4 Å². The molecule has 2 aromatic rings. The van der Waals surface area contributed by atoms with Crippen molar-refractivity contribution in [1.82, 2.24) is 14.9 Å². The van der Waals surface area contributed by atoms with E-state index in [1.165, 1.54) is 0 Å². The number of imide groups is 1. The molecule has 1 aromatic heterocycles. The molecule has 140 valence electrons. The summed E-state index contributed by atoms with van der Waals surface area (Å²) in [5.74, 6) is -0.144. The number of carbonyl (C=O) groups excluding carboxylic acids is 2. The van der Waals surface area contributed by atoms with Gasteiger partial charge in [0.05, 0.1) is 16.2 Å². The smallest absolute Gasteiger partial charge is 0.318 e. The first-order valence-electron chi connectivity index (χ1n) is 8.16. The summed E-state index contributed by atoms with van der Waals surface area (Å²) in [4.78, 5) is 40.3. The zero-order valence-electron chi connectivity index (χ0n) is 14.8. The highest BCUT2D eigenvalue weighted by atomic mass is 35.5. The van der Waals surface area contributed by atoms with Crippen LogP contribution in [0.1, 0.15) is 27.2 Å². The molecular formula is C17H21ClN4O3S. The minimum absolute atomic E-state index is 0.183. The second-order valence-corrected chi connectivity index (χ2v) is 8.05. The van der Waals surface area contributed by atoms with Crippen molar-refractivity contribution >= 4 is 46.2 Å². The molecule has 1 aromatic carbocycles. The fourth-order valence-corrected chi connectivity index (χ4v) is 3.38. The van der Waals surface area contributed by atoms with E-state index in [0.717, 1.165) is 18.2 Å². The van der Waals surface area contributed by atoms with E-state index in [4.69, 9.17) is 17.3 Å². The number of benzene rings is 1. The lowest BCUT2D eigenvalue weighted by Gasteiger charge is -2.16. The third-order valence-corrected chi connectivity index (χ3v) is 5.04. The number of halogens is 1. The number of thioether (sulfide) groups is 1. The van der Waals surface area contributed by atoms with Crippen molar-refractivity contribution in [2.24, 2.45) is 11.7 Å². The standard InChI is InChI=1S/C17H21ClN4O3S/c1-9(2)6-7-22-15(24)12-5-4-11(18)8-13(12)20-17(22)26-10(3)14(23)21-16(19)25/h4-5,8-10H,6-7H2,1-3H3,(H3,19,21,23,25)/t10-/m0/s1. The zero-order valence-corrected chi connectivity index (χ0v) is 16.4. The normalized spacial score (nSPS) is 12.3. The van der Waals surface area contributed by atoms with Crippen molar-refractivity contribution in [1.29, 1.82) is 0 Å². The largest absolute Gasteiger partial charge is 0.351 e. The van der Waals surface area contributed by atoms with Gasteiger partial charge in [-0.3, -0.25) is 19.5 Å². The fraction of sp³-hybridized carbons (Fsp3) is 0.412. The van der Waals surface area contributed by atoms with Gasteiger partial charge in [-0.25, -0.2) is 9.78 Å². The van der Waals surface area contributed by atoms with Crippen LogP contribution in [0, 0.1) is 5.92 Å². The van der Waals surface area contributed by atoms with Crippen molar-refractivity contribution in [3.05, 3.63) is 33.6 Å². The van der Waals surface area contributed by atoms with E-state index < -0.39 is 17.2 Å². The van der Waals surface area contributed by atoms with Gasteiger partial charge in [-0.2, -0.15) is 0 Å². The number of nitrogens with two attached hydrogens (primary N) is 1. The minimum atomic E-state index is -0.919. The average Bonchev–Trinajstić information content (AvgIpc) is 2.53. The van der Waals surface area contributed by atoms with Crippen molar-refractivity contribution in [3.63, 3.8) is 0 Å². The maximum atomic E-state index is 12.9. The summed E-state index contributed by atoms with van der Waals surface area (Å²) in [5, 5.41) is 2.72. The van der Waals surface area contributed by atoms with E-state index in [1.54, 1.807) is 29.7 Å². The second kappa shape index (κ2) is 8.55. The molecule has 2 rings (SSSR count). The van der Waals surface area contributed by atoms with Crippen LogP contribution in [0.15, 0.2) is 28.2 Å². The second-order valence-electron chi connectivity index (χ2n) is 6.31. The monoisotopic (exact) mass is 396 g/mol. The number of hydrogen-bond donors (Lipinski definition) is 2. The summed E-state index contributed by atoms with van der Waals surface area (Å²) in [6, 6.07) is 3.99. The van der Waals surface area contributed by atoms with E-state index in [-0.39, 0.29) is 5.56 Å². The molecule has 1 atom stereocenters. The number of rotatable bonds is 6.